The van der Waals surface area contributed by atoms with Crippen LogP contribution in [0.1, 0.15) is 49.1 Å². The van der Waals surface area contributed by atoms with Crippen LogP contribution in [-0.2, 0) is 22.4 Å². The van der Waals surface area contributed by atoms with Crippen molar-refractivity contribution < 1.29 is 14.6 Å². The van der Waals surface area contributed by atoms with Crippen molar-refractivity contribution in [3.8, 4) is 0 Å². The summed E-state index contributed by atoms with van der Waals surface area (Å²) < 4.78 is 5.45. The van der Waals surface area contributed by atoms with Gasteiger partial charge in [-0.05, 0) is 44.9 Å². The summed E-state index contributed by atoms with van der Waals surface area (Å²) in [6.07, 6.45) is 7.29. The van der Waals surface area contributed by atoms with E-state index < -0.39 is 0 Å². The van der Waals surface area contributed by atoms with E-state index in [0.717, 1.165) is 82.1 Å². The molecule has 7 heteroatoms. The van der Waals surface area contributed by atoms with Gasteiger partial charge >= 0.3 is 0 Å². The minimum atomic E-state index is -0.225. The molecule has 1 N–H and O–H groups in total. The first-order valence-corrected chi connectivity index (χ1v) is 11.3. The molecule has 3 aliphatic heterocycles. The van der Waals surface area contributed by atoms with Gasteiger partial charge in [-0.15, -0.1) is 11.3 Å². The molecule has 1 aromatic heterocycles. The summed E-state index contributed by atoms with van der Waals surface area (Å²) in [6.45, 7) is 3.37. The minimum Gasteiger partial charge on any atom is -0.393 e. The maximum absolute atomic E-state index is 13.4. The Labute approximate surface area is 164 Å². The van der Waals surface area contributed by atoms with Crippen molar-refractivity contribution in [3.63, 3.8) is 0 Å². The highest BCUT2D eigenvalue weighted by molar-refractivity contribution is 7.15. The zero-order chi connectivity index (χ0) is 18.4. The van der Waals surface area contributed by atoms with E-state index >= 15 is 0 Å². The van der Waals surface area contributed by atoms with Gasteiger partial charge in [-0.3, -0.25) is 4.79 Å². The smallest absolute Gasteiger partial charge is 0.226 e. The van der Waals surface area contributed by atoms with E-state index in [1.54, 1.807) is 0 Å². The molecule has 2 unspecified atom stereocenters. The second-order valence-electron chi connectivity index (χ2n) is 8.51. The Balaban J connectivity index is 1.30. The molecule has 1 amide bonds. The number of piperidine rings is 2. The molecule has 5 rings (SSSR count). The lowest BCUT2D eigenvalue weighted by Gasteiger charge is -2.49. The molecule has 4 atom stereocenters. The van der Waals surface area contributed by atoms with Crippen molar-refractivity contribution in [2.45, 2.75) is 69.6 Å². The van der Waals surface area contributed by atoms with Crippen molar-refractivity contribution in [3.05, 3.63) is 10.6 Å². The van der Waals surface area contributed by atoms with Crippen molar-refractivity contribution in [1.82, 2.24) is 9.88 Å². The number of aromatic nitrogens is 1. The number of aliphatic hydroxyl groups excluding tert-OH is 1. The van der Waals surface area contributed by atoms with Crippen LogP contribution in [0.15, 0.2) is 0 Å². The van der Waals surface area contributed by atoms with Gasteiger partial charge in [-0.2, -0.15) is 0 Å². The lowest BCUT2D eigenvalue weighted by atomic mass is 9.80. The van der Waals surface area contributed by atoms with Gasteiger partial charge in [-0.1, -0.05) is 0 Å². The van der Waals surface area contributed by atoms with Gasteiger partial charge < -0.3 is 19.6 Å². The van der Waals surface area contributed by atoms with E-state index in [2.05, 4.69) is 9.80 Å². The maximum Gasteiger partial charge on any atom is 0.226 e. The van der Waals surface area contributed by atoms with Gasteiger partial charge in [0.25, 0.3) is 0 Å². The molecule has 0 saturated carbocycles. The Hall–Kier alpha value is -1.18. The summed E-state index contributed by atoms with van der Waals surface area (Å²) in [5.74, 6) is 0.388. The topological polar surface area (TPSA) is 65.9 Å². The quantitative estimate of drug-likeness (QED) is 0.835. The SMILES string of the molecule is O=C(C1CCc2sc(N3CCOCC3)nc2C1)N1[C@@H]2CCC[C@H]1CC(O)C2. The number of fused-ring (bicyclic) bond motifs is 3. The van der Waals surface area contributed by atoms with Crippen LogP contribution in [0.25, 0.3) is 0 Å². The van der Waals surface area contributed by atoms with E-state index in [-0.39, 0.29) is 24.1 Å². The van der Waals surface area contributed by atoms with Gasteiger partial charge in [0, 0.05) is 42.4 Å². The first kappa shape index (κ1) is 17.9. The zero-order valence-corrected chi connectivity index (χ0v) is 16.6. The van der Waals surface area contributed by atoms with Crippen molar-refractivity contribution in [2.75, 3.05) is 31.2 Å². The van der Waals surface area contributed by atoms with Crippen LogP contribution in [0.4, 0.5) is 5.13 Å². The molecule has 2 bridgehead atoms. The number of anilines is 1. The Kier molecular flexibility index (Phi) is 4.86. The third-order valence-electron chi connectivity index (χ3n) is 6.76. The number of morpholine rings is 1. The number of carbonyl (C=O) groups is 1. The van der Waals surface area contributed by atoms with Crippen LogP contribution < -0.4 is 4.90 Å². The molecule has 3 fully saturated rings. The molecular weight excluding hydrogens is 362 g/mol. The summed E-state index contributed by atoms with van der Waals surface area (Å²) in [5, 5.41) is 11.2. The number of rotatable bonds is 2. The standard InChI is InChI=1S/C20H29N3O3S/c24-16-11-14-2-1-3-15(12-16)23(14)19(25)13-4-5-18-17(10-13)21-20(27-18)22-6-8-26-9-7-22/h13-16,24H,1-12H2/t13?,14-,15+,16?. The molecule has 148 valence electrons. The molecule has 0 radical (unpaired) electrons. The van der Waals surface area contributed by atoms with E-state index in [0.29, 0.717) is 5.91 Å². The Morgan fingerprint density at radius 1 is 1.15 bits per heavy atom. The number of hydrogen-bond donors (Lipinski definition) is 1. The number of thiazole rings is 1. The van der Waals surface area contributed by atoms with Crippen LogP contribution in [0.5, 0.6) is 0 Å². The van der Waals surface area contributed by atoms with Crippen LogP contribution in [-0.4, -0.2) is 65.4 Å². The fourth-order valence-corrected chi connectivity index (χ4v) is 6.54. The van der Waals surface area contributed by atoms with Gasteiger partial charge in [0.2, 0.25) is 5.91 Å². The second-order valence-corrected chi connectivity index (χ2v) is 9.58. The molecule has 0 aromatic carbocycles. The summed E-state index contributed by atoms with van der Waals surface area (Å²) in [5.41, 5.74) is 1.15. The fourth-order valence-electron chi connectivity index (χ4n) is 5.39. The number of amides is 1. The Bertz CT molecular complexity index is 689. The highest BCUT2D eigenvalue weighted by Gasteiger charge is 2.43. The molecule has 4 aliphatic rings. The number of carbonyl (C=O) groups excluding carboxylic acids is 1. The molecule has 0 spiro atoms. The first-order valence-electron chi connectivity index (χ1n) is 10.5. The van der Waals surface area contributed by atoms with Crippen LogP contribution in [0.3, 0.4) is 0 Å². The van der Waals surface area contributed by atoms with Crippen molar-refractivity contribution >= 4 is 22.4 Å². The molecular formula is C20H29N3O3S. The summed E-state index contributed by atoms with van der Waals surface area (Å²) in [7, 11) is 0. The van der Waals surface area contributed by atoms with E-state index in [4.69, 9.17) is 9.72 Å². The second kappa shape index (κ2) is 7.33. The van der Waals surface area contributed by atoms with Crippen molar-refractivity contribution in [1.29, 1.82) is 0 Å². The largest absolute Gasteiger partial charge is 0.393 e. The van der Waals surface area contributed by atoms with Gasteiger partial charge in [-0.25, -0.2) is 4.98 Å². The number of aryl methyl sites for hydroxylation is 1. The van der Waals surface area contributed by atoms with Gasteiger partial charge in [0.05, 0.1) is 25.0 Å². The molecule has 1 aromatic rings. The van der Waals surface area contributed by atoms with E-state index in [1.165, 1.54) is 11.3 Å². The normalized spacial score (nSPS) is 33.7. The monoisotopic (exact) mass is 391 g/mol. The third kappa shape index (κ3) is 3.38. The average Bonchev–Trinajstić information content (AvgIpc) is 3.11. The van der Waals surface area contributed by atoms with Crippen LogP contribution in [0.2, 0.25) is 0 Å². The Morgan fingerprint density at radius 3 is 2.63 bits per heavy atom. The minimum absolute atomic E-state index is 0.0653. The number of hydrogen-bond acceptors (Lipinski definition) is 6. The lowest BCUT2D eigenvalue weighted by molar-refractivity contribution is -0.149. The van der Waals surface area contributed by atoms with Crippen molar-refractivity contribution in [2.24, 2.45) is 5.92 Å². The van der Waals surface area contributed by atoms with Crippen LogP contribution >= 0.6 is 11.3 Å². The summed E-state index contributed by atoms with van der Waals surface area (Å²) in [4.78, 5) is 24.2. The zero-order valence-electron chi connectivity index (χ0n) is 15.8. The average molecular weight is 392 g/mol. The first-order chi connectivity index (χ1) is 13.2. The van der Waals surface area contributed by atoms with Crippen LogP contribution in [0, 0.1) is 5.92 Å². The molecule has 4 heterocycles. The fraction of sp³-hybridized carbons (Fsp3) is 0.800. The molecule has 6 nitrogen and oxygen atoms in total. The Morgan fingerprint density at radius 2 is 1.89 bits per heavy atom. The number of aliphatic hydroxyl groups is 1. The summed E-state index contributed by atoms with van der Waals surface area (Å²) in [6, 6.07) is 0.501. The highest BCUT2D eigenvalue weighted by atomic mass is 32.1. The highest BCUT2D eigenvalue weighted by Crippen LogP contribution is 2.39. The predicted octanol–water partition coefficient (Wildman–Crippen LogP) is 1.99. The number of ether oxygens (including phenoxy) is 1. The van der Waals surface area contributed by atoms with Gasteiger partial charge in [0.15, 0.2) is 5.13 Å². The molecule has 1 aliphatic carbocycles. The predicted molar refractivity (Wildman–Crippen MR) is 104 cm³/mol. The number of nitrogens with zero attached hydrogens (tertiary/aromatic N) is 3. The summed E-state index contributed by atoms with van der Waals surface area (Å²) >= 11 is 1.81. The molecule has 27 heavy (non-hydrogen) atoms. The molecule has 3 saturated heterocycles. The maximum atomic E-state index is 13.4. The van der Waals surface area contributed by atoms with Gasteiger partial charge in [0.1, 0.15) is 0 Å². The third-order valence-corrected chi connectivity index (χ3v) is 7.98. The van der Waals surface area contributed by atoms with E-state index in [9.17, 15) is 9.90 Å². The van der Waals surface area contributed by atoms with E-state index in [1.807, 2.05) is 11.3 Å². The lowest BCUT2D eigenvalue weighted by Crippen LogP contribution is -2.57.